The van der Waals surface area contributed by atoms with Gasteiger partial charge in [0, 0.05) is 26.2 Å². The topological polar surface area (TPSA) is 91.3 Å². The standard InChI is InChI=1S/C26H28N4O4S/c1-21-10-12-25(13-11-21)35(32,33)30-16-14-29(15-17-30)20-26(31)28-27-19-22-6-5-9-24(18-22)34-23-7-3-2-4-8-23/h2-13,18-19H,14-17,20H2,1H3,(H,28,31). The van der Waals surface area contributed by atoms with Crippen molar-refractivity contribution in [1.82, 2.24) is 14.6 Å². The lowest BCUT2D eigenvalue weighted by atomic mass is 10.2. The van der Waals surface area contributed by atoms with Crippen LogP contribution in [0.1, 0.15) is 11.1 Å². The number of hydrogen-bond donors (Lipinski definition) is 1. The number of carbonyl (C=O) groups excluding carboxylic acids is 1. The average molecular weight is 493 g/mol. The van der Waals surface area contributed by atoms with E-state index in [-0.39, 0.29) is 12.5 Å². The molecule has 0 spiro atoms. The third kappa shape index (κ3) is 6.75. The van der Waals surface area contributed by atoms with Crippen molar-refractivity contribution in [1.29, 1.82) is 0 Å². The number of piperazine rings is 1. The number of aryl methyl sites for hydroxylation is 1. The van der Waals surface area contributed by atoms with E-state index in [0.717, 1.165) is 16.9 Å². The van der Waals surface area contributed by atoms with Crippen molar-refractivity contribution < 1.29 is 17.9 Å². The summed E-state index contributed by atoms with van der Waals surface area (Å²) in [5.74, 6) is 1.15. The number of nitrogens with one attached hydrogen (secondary N) is 1. The third-order valence-corrected chi connectivity index (χ3v) is 7.51. The molecule has 8 nitrogen and oxygen atoms in total. The Balaban J connectivity index is 1.24. The van der Waals surface area contributed by atoms with E-state index < -0.39 is 10.0 Å². The number of amides is 1. The van der Waals surface area contributed by atoms with Crippen molar-refractivity contribution in [2.75, 3.05) is 32.7 Å². The number of hydrazone groups is 1. The van der Waals surface area contributed by atoms with Gasteiger partial charge in [-0.25, -0.2) is 13.8 Å². The first-order valence-corrected chi connectivity index (χ1v) is 12.8. The van der Waals surface area contributed by atoms with Crippen LogP contribution in [0.25, 0.3) is 0 Å². The second kappa shape index (κ2) is 11.3. The van der Waals surface area contributed by atoms with Crippen molar-refractivity contribution in [3.63, 3.8) is 0 Å². The first-order valence-electron chi connectivity index (χ1n) is 11.3. The van der Waals surface area contributed by atoms with Gasteiger partial charge in [-0.05, 0) is 48.9 Å². The molecule has 1 aliphatic rings. The Morgan fingerprint density at radius 2 is 1.63 bits per heavy atom. The van der Waals surface area contributed by atoms with Gasteiger partial charge in [0.1, 0.15) is 11.5 Å². The van der Waals surface area contributed by atoms with Gasteiger partial charge in [-0.15, -0.1) is 0 Å². The largest absolute Gasteiger partial charge is 0.457 e. The highest BCUT2D eigenvalue weighted by molar-refractivity contribution is 7.89. The number of carbonyl (C=O) groups is 1. The van der Waals surface area contributed by atoms with Crippen molar-refractivity contribution in [2.45, 2.75) is 11.8 Å². The Bertz CT molecular complexity index is 1270. The molecule has 35 heavy (non-hydrogen) atoms. The van der Waals surface area contributed by atoms with E-state index in [4.69, 9.17) is 4.74 Å². The molecule has 1 fully saturated rings. The number of rotatable bonds is 8. The van der Waals surface area contributed by atoms with Crippen LogP contribution >= 0.6 is 0 Å². The molecule has 3 aromatic carbocycles. The summed E-state index contributed by atoms with van der Waals surface area (Å²) in [4.78, 5) is 14.5. The number of hydrogen-bond acceptors (Lipinski definition) is 6. The molecule has 1 heterocycles. The Labute approximate surface area is 205 Å². The second-order valence-corrected chi connectivity index (χ2v) is 10.2. The van der Waals surface area contributed by atoms with Gasteiger partial charge in [0.15, 0.2) is 0 Å². The second-order valence-electron chi connectivity index (χ2n) is 8.27. The van der Waals surface area contributed by atoms with E-state index in [1.54, 1.807) is 30.5 Å². The van der Waals surface area contributed by atoms with Gasteiger partial charge in [-0.2, -0.15) is 9.41 Å². The fraction of sp³-hybridized carbons (Fsp3) is 0.231. The quantitative estimate of drug-likeness (QED) is 0.385. The van der Waals surface area contributed by atoms with Crippen molar-refractivity contribution >= 4 is 22.1 Å². The summed E-state index contributed by atoms with van der Waals surface area (Å²) in [6.07, 6.45) is 1.56. The maximum absolute atomic E-state index is 12.8. The molecule has 3 aromatic rings. The zero-order valence-electron chi connectivity index (χ0n) is 19.5. The predicted octanol–water partition coefficient (Wildman–Crippen LogP) is 3.24. The summed E-state index contributed by atoms with van der Waals surface area (Å²) in [6.45, 7) is 3.68. The summed E-state index contributed by atoms with van der Waals surface area (Å²) >= 11 is 0. The van der Waals surface area contributed by atoms with Crippen molar-refractivity contribution in [3.8, 4) is 11.5 Å². The molecule has 0 aliphatic carbocycles. The zero-order valence-corrected chi connectivity index (χ0v) is 20.3. The number of nitrogens with zero attached hydrogens (tertiary/aromatic N) is 3. The molecular formula is C26H28N4O4S. The minimum atomic E-state index is -3.53. The van der Waals surface area contributed by atoms with Crippen LogP contribution in [0.5, 0.6) is 11.5 Å². The summed E-state index contributed by atoms with van der Waals surface area (Å²) in [5.41, 5.74) is 4.33. The minimum Gasteiger partial charge on any atom is -0.457 e. The SMILES string of the molecule is Cc1ccc(S(=O)(=O)N2CCN(CC(=O)NN=Cc3cccc(Oc4ccccc4)c3)CC2)cc1. The van der Waals surface area contributed by atoms with E-state index in [0.29, 0.717) is 36.8 Å². The summed E-state index contributed by atoms with van der Waals surface area (Å²) in [6, 6.07) is 23.7. The number of sulfonamides is 1. The molecule has 1 aliphatic heterocycles. The fourth-order valence-corrected chi connectivity index (χ4v) is 5.11. The van der Waals surface area contributed by atoms with Gasteiger partial charge in [-0.1, -0.05) is 48.0 Å². The smallest absolute Gasteiger partial charge is 0.254 e. The highest BCUT2D eigenvalue weighted by atomic mass is 32.2. The van der Waals surface area contributed by atoms with Crippen LogP contribution in [0.2, 0.25) is 0 Å². The lowest BCUT2D eigenvalue weighted by molar-refractivity contribution is -0.122. The minimum absolute atomic E-state index is 0.146. The molecule has 1 saturated heterocycles. The summed E-state index contributed by atoms with van der Waals surface area (Å²) in [5, 5.41) is 4.04. The van der Waals surface area contributed by atoms with E-state index in [1.807, 2.05) is 66.4 Å². The normalized spacial score (nSPS) is 15.2. The van der Waals surface area contributed by atoms with Crippen LogP contribution in [0, 0.1) is 6.92 Å². The van der Waals surface area contributed by atoms with Crippen LogP contribution in [0.4, 0.5) is 0 Å². The number of para-hydroxylation sites is 1. The molecule has 1 amide bonds. The predicted molar refractivity (Wildman–Crippen MR) is 135 cm³/mol. The van der Waals surface area contributed by atoms with Gasteiger partial charge < -0.3 is 4.74 Å². The summed E-state index contributed by atoms with van der Waals surface area (Å²) in [7, 11) is -3.53. The molecule has 0 saturated carbocycles. The van der Waals surface area contributed by atoms with E-state index in [9.17, 15) is 13.2 Å². The maximum Gasteiger partial charge on any atom is 0.254 e. The third-order valence-electron chi connectivity index (χ3n) is 5.60. The first-order chi connectivity index (χ1) is 16.9. The molecule has 0 bridgehead atoms. The lowest BCUT2D eigenvalue weighted by Crippen LogP contribution is -2.50. The Morgan fingerprint density at radius 3 is 2.34 bits per heavy atom. The van der Waals surface area contributed by atoms with Gasteiger partial charge in [0.2, 0.25) is 10.0 Å². The molecule has 9 heteroatoms. The van der Waals surface area contributed by atoms with Crippen LogP contribution < -0.4 is 10.2 Å². The molecular weight excluding hydrogens is 464 g/mol. The van der Waals surface area contributed by atoms with Crippen LogP contribution in [-0.2, 0) is 14.8 Å². The zero-order chi connectivity index (χ0) is 24.7. The maximum atomic E-state index is 12.8. The number of benzene rings is 3. The highest BCUT2D eigenvalue weighted by Gasteiger charge is 2.28. The first kappa shape index (κ1) is 24.6. The van der Waals surface area contributed by atoms with Crippen molar-refractivity contribution in [2.24, 2.45) is 5.10 Å². The van der Waals surface area contributed by atoms with Crippen LogP contribution in [0.15, 0.2) is 88.9 Å². The van der Waals surface area contributed by atoms with Gasteiger partial charge >= 0.3 is 0 Å². The highest BCUT2D eigenvalue weighted by Crippen LogP contribution is 2.21. The van der Waals surface area contributed by atoms with Crippen molar-refractivity contribution in [3.05, 3.63) is 90.0 Å². The van der Waals surface area contributed by atoms with Gasteiger partial charge in [-0.3, -0.25) is 9.69 Å². The monoisotopic (exact) mass is 492 g/mol. The molecule has 0 unspecified atom stereocenters. The molecule has 0 aromatic heterocycles. The van der Waals surface area contributed by atoms with E-state index in [1.165, 1.54) is 4.31 Å². The van der Waals surface area contributed by atoms with Gasteiger partial charge in [0.25, 0.3) is 5.91 Å². The summed E-state index contributed by atoms with van der Waals surface area (Å²) < 4.78 is 32.9. The van der Waals surface area contributed by atoms with E-state index >= 15 is 0 Å². The molecule has 0 atom stereocenters. The molecule has 0 radical (unpaired) electrons. The van der Waals surface area contributed by atoms with E-state index in [2.05, 4.69) is 10.5 Å². The fourth-order valence-electron chi connectivity index (χ4n) is 3.69. The average Bonchev–Trinajstić information content (AvgIpc) is 2.85. The number of ether oxygens (including phenoxy) is 1. The van der Waals surface area contributed by atoms with Gasteiger partial charge in [0.05, 0.1) is 17.7 Å². The molecule has 1 N–H and O–H groups in total. The lowest BCUT2D eigenvalue weighted by Gasteiger charge is -2.33. The Kier molecular flexibility index (Phi) is 7.91. The molecule has 4 rings (SSSR count). The van der Waals surface area contributed by atoms with Crippen LogP contribution in [-0.4, -0.2) is 62.5 Å². The Hall–Kier alpha value is -3.53. The Morgan fingerprint density at radius 1 is 0.943 bits per heavy atom. The molecule has 182 valence electrons. The van der Waals surface area contributed by atoms with Crippen LogP contribution in [0.3, 0.4) is 0 Å².